The van der Waals surface area contributed by atoms with Crippen molar-refractivity contribution >= 4 is 23.2 Å². The summed E-state index contributed by atoms with van der Waals surface area (Å²) in [4.78, 5) is 28.5. The smallest absolute Gasteiger partial charge is 0.309 e. The van der Waals surface area contributed by atoms with Crippen molar-refractivity contribution in [2.24, 2.45) is 0 Å². The van der Waals surface area contributed by atoms with E-state index < -0.39 is 11.8 Å². The molecule has 1 aliphatic rings. The zero-order valence-corrected chi connectivity index (χ0v) is 17.0. The first-order valence-electron chi connectivity index (χ1n) is 9.80. The molecule has 29 heavy (non-hydrogen) atoms. The van der Waals surface area contributed by atoms with Crippen molar-refractivity contribution in [3.05, 3.63) is 72.3 Å². The third-order valence-corrected chi connectivity index (χ3v) is 5.16. The molecule has 0 aromatic heterocycles. The number of anilines is 2. The van der Waals surface area contributed by atoms with Gasteiger partial charge in [0.25, 0.3) is 0 Å². The molecule has 1 atom stereocenters. The molecule has 0 saturated heterocycles. The first kappa shape index (κ1) is 20.5. The average molecular weight is 393 g/mol. The van der Waals surface area contributed by atoms with E-state index in [1.807, 2.05) is 20.2 Å². The van der Waals surface area contributed by atoms with Crippen molar-refractivity contribution in [2.75, 3.05) is 43.5 Å². The van der Waals surface area contributed by atoms with Crippen molar-refractivity contribution in [3.63, 3.8) is 0 Å². The van der Waals surface area contributed by atoms with Gasteiger partial charge in [-0.1, -0.05) is 36.4 Å². The molecule has 2 aromatic rings. The predicted octanol–water partition coefficient (Wildman–Crippen LogP) is 2.27. The Morgan fingerprint density at radius 2 is 1.79 bits per heavy atom. The Morgan fingerprint density at radius 1 is 1.10 bits per heavy atom. The minimum Gasteiger partial charge on any atom is -0.378 e. The van der Waals surface area contributed by atoms with Crippen LogP contribution in [-0.2, 0) is 16.0 Å². The molecule has 0 aliphatic carbocycles. The number of amides is 2. The molecule has 3 rings (SSSR count). The summed E-state index contributed by atoms with van der Waals surface area (Å²) in [5.41, 5.74) is 4.69. The number of fused-ring (bicyclic) bond motifs is 1. The van der Waals surface area contributed by atoms with Gasteiger partial charge in [-0.15, -0.1) is 6.58 Å². The molecule has 0 saturated carbocycles. The number of carbonyl (C=O) groups excluding carboxylic acids is 2. The summed E-state index contributed by atoms with van der Waals surface area (Å²) in [5.74, 6) is -1.28. The van der Waals surface area contributed by atoms with Crippen LogP contribution in [0.1, 0.15) is 17.2 Å². The van der Waals surface area contributed by atoms with E-state index in [9.17, 15) is 9.59 Å². The number of nitrogens with one attached hydrogen (secondary N) is 2. The maximum Gasteiger partial charge on any atom is 0.309 e. The lowest BCUT2D eigenvalue weighted by molar-refractivity contribution is -0.139. The van der Waals surface area contributed by atoms with Gasteiger partial charge in [-0.3, -0.25) is 9.59 Å². The molecule has 2 N–H and O–H groups in total. The number of hydrogen-bond acceptors (Lipinski definition) is 4. The Hall–Kier alpha value is -3.28. The number of nitrogens with zero attached hydrogens (tertiary/aromatic N) is 2. The van der Waals surface area contributed by atoms with Crippen LogP contribution in [0.15, 0.2) is 61.2 Å². The topological polar surface area (TPSA) is 64.7 Å². The van der Waals surface area contributed by atoms with E-state index in [-0.39, 0.29) is 12.6 Å². The van der Waals surface area contributed by atoms with Crippen LogP contribution in [0, 0.1) is 0 Å². The van der Waals surface area contributed by atoms with Crippen molar-refractivity contribution in [1.29, 1.82) is 0 Å². The third-order valence-electron chi connectivity index (χ3n) is 5.16. The predicted molar refractivity (Wildman–Crippen MR) is 117 cm³/mol. The molecule has 152 valence electrons. The summed E-state index contributed by atoms with van der Waals surface area (Å²) in [7, 11) is 4.01. The average Bonchev–Trinajstić information content (AvgIpc) is 3.16. The molecule has 6 nitrogen and oxygen atoms in total. The van der Waals surface area contributed by atoms with E-state index in [1.165, 1.54) is 11.3 Å². The standard InChI is InChI=1S/C23H28N4O2/c1-4-14-24-22(28)23(29)25-16-21(18-9-11-19(12-10-18)26(2)3)27-15-13-17-7-5-6-8-20(17)27/h4-12,21H,1,13-16H2,2-3H3,(H,24,28)(H,25,29)/t21-/m1/s1. The zero-order valence-electron chi connectivity index (χ0n) is 17.0. The minimum atomic E-state index is -0.645. The highest BCUT2D eigenvalue weighted by Crippen LogP contribution is 2.35. The number of carbonyl (C=O) groups is 2. The highest BCUT2D eigenvalue weighted by Gasteiger charge is 2.28. The Morgan fingerprint density at radius 3 is 2.48 bits per heavy atom. The van der Waals surface area contributed by atoms with E-state index in [4.69, 9.17) is 0 Å². The molecule has 0 unspecified atom stereocenters. The highest BCUT2D eigenvalue weighted by atomic mass is 16.2. The second-order valence-corrected chi connectivity index (χ2v) is 7.28. The van der Waals surface area contributed by atoms with Gasteiger partial charge in [0.2, 0.25) is 0 Å². The number of rotatable bonds is 7. The van der Waals surface area contributed by atoms with Gasteiger partial charge in [0.15, 0.2) is 0 Å². The number of benzene rings is 2. The number of para-hydroxylation sites is 1. The second kappa shape index (κ2) is 9.28. The van der Waals surface area contributed by atoms with E-state index >= 15 is 0 Å². The summed E-state index contributed by atoms with van der Waals surface area (Å²) in [5, 5.41) is 5.31. The van der Waals surface area contributed by atoms with Crippen molar-refractivity contribution in [3.8, 4) is 0 Å². The first-order valence-corrected chi connectivity index (χ1v) is 9.80. The summed E-state index contributed by atoms with van der Waals surface area (Å²) < 4.78 is 0. The lowest BCUT2D eigenvalue weighted by Gasteiger charge is -2.31. The maximum atomic E-state index is 12.2. The molecule has 0 radical (unpaired) electrons. The van der Waals surface area contributed by atoms with Gasteiger partial charge in [-0.2, -0.15) is 0 Å². The first-order chi connectivity index (χ1) is 14.0. The van der Waals surface area contributed by atoms with Crippen LogP contribution in [0.2, 0.25) is 0 Å². The van der Waals surface area contributed by atoms with Crippen LogP contribution in [0.3, 0.4) is 0 Å². The van der Waals surface area contributed by atoms with Gasteiger partial charge < -0.3 is 20.4 Å². The lowest BCUT2D eigenvalue weighted by atomic mass is 10.0. The largest absolute Gasteiger partial charge is 0.378 e. The Kier molecular flexibility index (Phi) is 6.54. The Bertz CT molecular complexity index is 877. The highest BCUT2D eigenvalue weighted by molar-refractivity contribution is 6.35. The van der Waals surface area contributed by atoms with Gasteiger partial charge >= 0.3 is 11.8 Å². The van der Waals surface area contributed by atoms with Crippen LogP contribution in [0.4, 0.5) is 11.4 Å². The molecular weight excluding hydrogens is 364 g/mol. The molecule has 0 bridgehead atoms. The van der Waals surface area contributed by atoms with Gasteiger partial charge in [-0.25, -0.2) is 0 Å². The molecular formula is C23H28N4O2. The summed E-state index contributed by atoms with van der Waals surface area (Å²) in [6.07, 6.45) is 2.51. The summed E-state index contributed by atoms with van der Waals surface area (Å²) >= 11 is 0. The molecule has 1 heterocycles. The Labute approximate surface area is 172 Å². The molecule has 2 aromatic carbocycles. The van der Waals surface area contributed by atoms with Crippen LogP contribution in [0.25, 0.3) is 0 Å². The van der Waals surface area contributed by atoms with E-state index in [0.29, 0.717) is 6.54 Å². The monoisotopic (exact) mass is 392 g/mol. The fraction of sp³-hybridized carbons (Fsp3) is 0.304. The minimum absolute atomic E-state index is 0.0639. The Balaban J connectivity index is 1.81. The molecule has 1 aliphatic heterocycles. The van der Waals surface area contributed by atoms with Crippen LogP contribution < -0.4 is 20.4 Å². The van der Waals surface area contributed by atoms with Crippen molar-refractivity contribution in [2.45, 2.75) is 12.5 Å². The van der Waals surface area contributed by atoms with Gasteiger partial charge in [0.05, 0.1) is 6.04 Å². The summed E-state index contributed by atoms with van der Waals surface area (Å²) in [6.45, 7) is 5.02. The van der Waals surface area contributed by atoms with Crippen LogP contribution in [-0.4, -0.2) is 45.5 Å². The number of hydrogen-bond donors (Lipinski definition) is 2. The third kappa shape index (κ3) is 4.77. The molecule has 0 fully saturated rings. The van der Waals surface area contributed by atoms with Crippen LogP contribution >= 0.6 is 0 Å². The van der Waals surface area contributed by atoms with E-state index in [1.54, 1.807) is 6.08 Å². The maximum absolute atomic E-state index is 12.2. The van der Waals surface area contributed by atoms with Crippen molar-refractivity contribution in [1.82, 2.24) is 10.6 Å². The SMILES string of the molecule is C=CCNC(=O)C(=O)NC[C@H](c1ccc(N(C)C)cc1)N1CCc2ccccc21. The van der Waals surface area contributed by atoms with Crippen molar-refractivity contribution < 1.29 is 9.59 Å². The fourth-order valence-corrected chi connectivity index (χ4v) is 3.60. The lowest BCUT2D eigenvalue weighted by Crippen LogP contribution is -2.44. The van der Waals surface area contributed by atoms with Gasteiger partial charge in [0, 0.05) is 45.1 Å². The quantitative estimate of drug-likeness (QED) is 0.561. The van der Waals surface area contributed by atoms with Crippen LogP contribution in [0.5, 0.6) is 0 Å². The van der Waals surface area contributed by atoms with Gasteiger partial charge in [-0.05, 0) is 35.7 Å². The van der Waals surface area contributed by atoms with E-state index in [0.717, 1.165) is 24.2 Å². The van der Waals surface area contributed by atoms with Gasteiger partial charge in [0.1, 0.15) is 0 Å². The van der Waals surface area contributed by atoms with E-state index in [2.05, 4.69) is 69.5 Å². The summed E-state index contributed by atoms with van der Waals surface area (Å²) in [6, 6.07) is 16.6. The fourth-order valence-electron chi connectivity index (χ4n) is 3.60. The molecule has 0 spiro atoms. The molecule has 2 amide bonds. The second-order valence-electron chi connectivity index (χ2n) is 7.28. The zero-order chi connectivity index (χ0) is 20.8. The normalized spacial score (nSPS) is 13.4. The molecule has 6 heteroatoms.